The van der Waals surface area contributed by atoms with Crippen molar-refractivity contribution in [3.63, 3.8) is 0 Å². The van der Waals surface area contributed by atoms with Crippen LogP contribution < -0.4 is 10.6 Å². The molecule has 0 unspecified atom stereocenters. The summed E-state index contributed by atoms with van der Waals surface area (Å²) in [5, 5.41) is 16.8. The molecule has 1 aliphatic rings. The molecule has 0 spiro atoms. The summed E-state index contributed by atoms with van der Waals surface area (Å²) in [4.78, 5) is 42.1. The molecular weight excluding hydrogens is 503 g/mol. The smallest absolute Gasteiger partial charge is 0.319 e. The average molecular weight is 537 g/mol. The van der Waals surface area contributed by atoms with Gasteiger partial charge in [0.15, 0.2) is 5.82 Å². The average Bonchev–Trinajstić information content (AvgIpc) is 3.35. The predicted molar refractivity (Wildman–Crippen MR) is 143 cm³/mol. The summed E-state index contributed by atoms with van der Waals surface area (Å²) in [7, 11) is 4.87. The maximum atomic E-state index is 13.3. The van der Waals surface area contributed by atoms with Crippen molar-refractivity contribution in [2.24, 2.45) is 13.0 Å². The number of carbonyl (C=O) groups excluding carboxylic acids is 3. The number of hydrogen-bond donors (Lipinski definition) is 2. The second-order valence-electron chi connectivity index (χ2n) is 9.97. The molecule has 2 N–H and O–H groups in total. The summed E-state index contributed by atoms with van der Waals surface area (Å²) >= 11 is 0. The second kappa shape index (κ2) is 12.5. The number of nitrogens with zero attached hydrogens (tertiary/aromatic N) is 6. The highest BCUT2D eigenvalue weighted by Gasteiger charge is 2.30. The number of hydrogen-bond acceptors (Lipinski definition) is 6. The molecular formula is C27H33FN8O3. The van der Waals surface area contributed by atoms with E-state index < -0.39 is 12.1 Å². The van der Waals surface area contributed by atoms with Gasteiger partial charge in [0.05, 0.1) is 6.42 Å². The van der Waals surface area contributed by atoms with Crippen molar-refractivity contribution in [1.82, 2.24) is 35.3 Å². The lowest BCUT2D eigenvalue weighted by Gasteiger charge is -2.34. The predicted octanol–water partition coefficient (Wildman–Crippen LogP) is 2.47. The molecule has 0 radical (unpaired) electrons. The van der Waals surface area contributed by atoms with E-state index in [2.05, 4.69) is 26.2 Å². The third kappa shape index (κ3) is 7.37. The minimum Gasteiger partial charge on any atom is -0.347 e. The highest BCUT2D eigenvalue weighted by atomic mass is 19.1. The Morgan fingerprint density at radius 2 is 1.92 bits per heavy atom. The van der Waals surface area contributed by atoms with E-state index in [1.54, 1.807) is 56.4 Å². The number of aryl methyl sites for hydroxylation is 1. The van der Waals surface area contributed by atoms with Gasteiger partial charge in [0.1, 0.15) is 11.9 Å². The molecule has 2 atom stereocenters. The van der Waals surface area contributed by atoms with E-state index in [-0.39, 0.29) is 30.0 Å². The van der Waals surface area contributed by atoms with Crippen LogP contribution in [0.4, 0.5) is 14.9 Å². The topological polar surface area (TPSA) is 125 Å². The molecule has 0 aliphatic carbocycles. The lowest BCUT2D eigenvalue weighted by Crippen LogP contribution is -2.51. The monoisotopic (exact) mass is 536 g/mol. The van der Waals surface area contributed by atoms with Gasteiger partial charge in [0, 0.05) is 45.5 Å². The van der Waals surface area contributed by atoms with Gasteiger partial charge in [-0.05, 0) is 65.4 Å². The summed E-state index contributed by atoms with van der Waals surface area (Å²) in [6.07, 6.45) is 2.40. The lowest BCUT2D eigenvalue weighted by molar-refractivity contribution is -0.138. The van der Waals surface area contributed by atoms with Crippen LogP contribution in [0.2, 0.25) is 0 Å². The van der Waals surface area contributed by atoms with E-state index in [0.717, 1.165) is 24.8 Å². The largest absolute Gasteiger partial charge is 0.347 e. The Kier molecular flexibility index (Phi) is 8.84. The minimum atomic E-state index is -1.03. The number of carbonyl (C=O) groups is 3. The quantitative estimate of drug-likeness (QED) is 0.456. The number of likely N-dealkylation sites (N-methyl/N-ethyl adjacent to an activating group) is 1. The molecule has 1 aromatic heterocycles. The fourth-order valence-corrected chi connectivity index (χ4v) is 4.76. The van der Waals surface area contributed by atoms with E-state index in [0.29, 0.717) is 30.2 Å². The molecule has 39 heavy (non-hydrogen) atoms. The van der Waals surface area contributed by atoms with Gasteiger partial charge in [-0.2, -0.15) is 0 Å². The van der Waals surface area contributed by atoms with Crippen molar-refractivity contribution < 1.29 is 18.8 Å². The first-order valence-electron chi connectivity index (χ1n) is 12.8. The number of amides is 4. The van der Waals surface area contributed by atoms with Crippen LogP contribution in [0.5, 0.6) is 0 Å². The van der Waals surface area contributed by atoms with E-state index in [1.165, 1.54) is 21.7 Å². The molecule has 2 aromatic carbocycles. The van der Waals surface area contributed by atoms with Crippen molar-refractivity contribution in [3.05, 3.63) is 59.9 Å². The van der Waals surface area contributed by atoms with E-state index >= 15 is 0 Å². The van der Waals surface area contributed by atoms with Gasteiger partial charge < -0.3 is 20.4 Å². The van der Waals surface area contributed by atoms with Crippen LogP contribution in [-0.2, 0) is 23.1 Å². The first-order valence-corrected chi connectivity index (χ1v) is 12.8. The molecule has 4 rings (SSSR count). The zero-order valence-electron chi connectivity index (χ0n) is 22.3. The van der Waals surface area contributed by atoms with Crippen LogP contribution >= 0.6 is 0 Å². The third-order valence-corrected chi connectivity index (χ3v) is 6.73. The molecule has 206 valence electrons. The Bertz CT molecular complexity index is 1310. The van der Waals surface area contributed by atoms with E-state index in [9.17, 15) is 18.8 Å². The zero-order valence-corrected chi connectivity index (χ0v) is 22.3. The van der Waals surface area contributed by atoms with Crippen LogP contribution in [0, 0.1) is 11.7 Å². The van der Waals surface area contributed by atoms with E-state index in [4.69, 9.17) is 0 Å². The third-order valence-electron chi connectivity index (χ3n) is 6.73. The van der Waals surface area contributed by atoms with E-state index in [1.807, 2.05) is 6.07 Å². The molecule has 11 nitrogen and oxygen atoms in total. The van der Waals surface area contributed by atoms with Crippen molar-refractivity contribution in [3.8, 4) is 11.4 Å². The van der Waals surface area contributed by atoms with Crippen molar-refractivity contribution >= 4 is 23.5 Å². The summed E-state index contributed by atoms with van der Waals surface area (Å²) in [6.45, 7) is 1.15. The number of urea groups is 1. The molecule has 3 aromatic rings. The van der Waals surface area contributed by atoms with Gasteiger partial charge in [0.2, 0.25) is 11.8 Å². The van der Waals surface area contributed by atoms with Gasteiger partial charge in [-0.1, -0.05) is 24.3 Å². The molecule has 1 aliphatic heterocycles. The second-order valence-corrected chi connectivity index (χ2v) is 9.97. The maximum absolute atomic E-state index is 13.3. The Hall–Kier alpha value is -4.35. The van der Waals surface area contributed by atoms with Gasteiger partial charge in [-0.15, -0.1) is 5.10 Å². The molecule has 1 fully saturated rings. The van der Waals surface area contributed by atoms with Crippen molar-refractivity contribution in [2.45, 2.75) is 31.7 Å². The van der Waals surface area contributed by atoms with Crippen LogP contribution in [-0.4, -0.2) is 81.1 Å². The molecule has 1 saturated heterocycles. The van der Waals surface area contributed by atoms with Crippen LogP contribution in [0.15, 0.2) is 48.5 Å². The Morgan fingerprint density at radius 3 is 2.62 bits per heavy atom. The fourth-order valence-electron chi connectivity index (χ4n) is 4.76. The van der Waals surface area contributed by atoms with Gasteiger partial charge >= 0.3 is 6.03 Å². The number of piperidine rings is 1. The number of anilines is 1. The van der Waals surface area contributed by atoms with Crippen LogP contribution in [0.1, 0.15) is 24.8 Å². The Balaban J connectivity index is 1.38. The van der Waals surface area contributed by atoms with Crippen molar-refractivity contribution in [2.75, 3.05) is 32.5 Å². The molecule has 0 bridgehead atoms. The van der Waals surface area contributed by atoms with Crippen LogP contribution in [0.3, 0.4) is 0 Å². The summed E-state index contributed by atoms with van der Waals surface area (Å²) in [5.74, 6) is -0.0791. The van der Waals surface area contributed by atoms with Gasteiger partial charge in [0.25, 0.3) is 0 Å². The fraction of sp³-hybridized carbons (Fsp3) is 0.407. The normalized spacial score (nSPS) is 15.9. The zero-order chi connectivity index (χ0) is 27.9. The Morgan fingerprint density at radius 1 is 1.15 bits per heavy atom. The summed E-state index contributed by atoms with van der Waals surface area (Å²) in [5.41, 5.74) is 2.21. The summed E-state index contributed by atoms with van der Waals surface area (Å²) < 4.78 is 14.8. The molecule has 0 saturated carbocycles. The van der Waals surface area contributed by atoms with Crippen LogP contribution in [0.25, 0.3) is 11.4 Å². The number of tetrazole rings is 1. The van der Waals surface area contributed by atoms with Gasteiger partial charge in [-0.3, -0.25) is 9.59 Å². The maximum Gasteiger partial charge on any atom is 0.319 e. The first kappa shape index (κ1) is 27.7. The summed E-state index contributed by atoms with van der Waals surface area (Å²) in [6, 6.07) is 11.8. The van der Waals surface area contributed by atoms with Crippen molar-refractivity contribution in [1.29, 1.82) is 0 Å². The number of rotatable bonds is 8. The number of likely N-dealkylation sites (tertiary alicyclic amines) is 1. The number of nitrogens with one attached hydrogen (secondary N) is 2. The first-order chi connectivity index (χ1) is 18.7. The molecule has 2 heterocycles. The number of benzene rings is 2. The number of halogens is 1. The molecule has 12 heteroatoms. The number of aromatic nitrogens is 4. The highest BCUT2D eigenvalue weighted by Crippen LogP contribution is 2.23. The standard InChI is InChI=1S/C27H33FN8O3/c1-34(2)26(38)23(30-27(39)29-22-8-4-7-20(15-22)25-31-32-33-35(25)3)16-24(37)36-13-5-6-19(17-36)14-18-9-11-21(28)12-10-18/h4,7-12,15,19,23H,5-6,13-14,16-17H2,1-3H3,(H2,29,30,39)/t19-,23-/m0/s1. The SMILES string of the molecule is CN(C)C(=O)[C@H](CC(=O)N1CCC[C@@H](Cc2ccc(F)cc2)C1)NC(=O)Nc1cccc(-c2nnnn2C)c1. The van der Waals surface area contributed by atoms with Gasteiger partial charge in [-0.25, -0.2) is 13.9 Å². The minimum absolute atomic E-state index is 0.154. The Labute approximate surface area is 226 Å². The lowest BCUT2D eigenvalue weighted by atomic mass is 9.91. The molecule has 4 amide bonds. The highest BCUT2D eigenvalue weighted by molar-refractivity contribution is 5.96.